The number of anilines is 1. The average molecular weight is 562 g/mol. The van der Waals surface area contributed by atoms with Crippen molar-refractivity contribution in [3.63, 3.8) is 0 Å². The van der Waals surface area contributed by atoms with Gasteiger partial charge in [0.05, 0.1) is 31.7 Å². The minimum atomic E-state index is -2.65. The van der Waals surface area contributed by atoms with Crippen LogP contribution in [0.3, 0.4) is 0 Å². The Morgan fingerprint density at radius 2 is 1.97 bits per heavy atom. The molecule has 0 spiro atoms. The van der Waals surface area contributed by atoms with Gasteiger partial charge in [0.2, 0.25) is 18.4 Å². The number of fused-ring (bicyclic) bond motifs is 1. The lowest BCUT2D eigenvalue weighted by Gasteiger charge is -2.24. The van der Waals surface area contributed by atoms with Gasteiger partial charge in [0.15, 0.2) is 11.2 Å². The van der Waals surface area contributed by atoms with Crippen molar-refractivity contribution in [2.45, 2.75) is 51.9 Å². The average Bonchev–Trinajstić information content (AvgIpc) is 3.50. The highest BCUT2D eigenvalue weighted by atomic mass is 31.1. The number of hydrogen-bond donors (Lipinski definition) is 1. The number of nitrogens with zero attached hydrogens (tertiary/aromatic N) is 4. The lowest BCUT2D eigenvalue weighted by atomic mass is 9.79. The van der Waals surface area contributed by atoms with Crippen LogP contribution in [-0.4, -0.2) is 77.3 Å². The molecule has 3 aromatic rings. The largest absolute Gasteiger partial charge is 0.698 e. The summed E-state index contributed by atoms with van der Waals surface area (Å²) in [5, 5.41) is 0. The van der Waals surface area contributed by atoms with Crippen LogP contribution < -0.4 is 15.9 Å². The zero-order valence-corrected chi connectivity index (χ0v) is 22.9. The maximum absolute atomic E-state index is 12.3. The van der Waals surface area contributed by atoms with Gasteiger partial charge in [0.1, 0.15) is 19.4 Å². The SMILES string of the molecule is COc1nc(N)nc2c1ncn2COC(CO[P+](=O)OCC(=O)OC(C)C)C1OB(c2ccccc2)OC1C. The first-order valence-electron chi connectivity index (χ1n) is 12.2. The van der Waals surface area contributed by atoms with Crippen molar-refractivity contribution in [2.75, 3.05) is 26.1 Å². The molecule has 3 heterocycles. The third kappa shape index (κ3) is 7.47. The van der Waals surface area contributed by atoms with E-state index in [-0.39, 0.29) is 31.3 Å². The molecular formula is C23H30BN5O9P+. The molecule has 2 N–H and O–H groups in total. The van der Waals surface area contributed by atoms with Crippen molar-refractivity contribution in [1.29, 1.82) is 0 Å². The molecule has 39 heavy (non-hydrogen) atoms. The van der Waals surface area contributed by atoms with Gasteiger partial charge in [0.25, 0.3) is 0 Å². The fourth-order valence-electron chi connectivity index (χ4n) is 3.87. The van der Waals surface area contributed by atoms with Crippen LogP contribution in [-0.2, 0) is 43.9 Å². The molecule has 1 aromatic carbocycles. The highest BCUT2D eigenvalue weighted by Crippen LogP contribution is 2.28. The van der Waals surface area contributed by atoms with E-state index in [0.717, 1.165) is 5.46 Å². The molecule has 0 bridgehead atoms. The van der Waals surface area contributed by atoms with Crippen LogP contribution in [0.4, 0.5) is 5.95 Å². The molecule has 1 aliphatic heterocycles. The fraction of sp³-hybridized carbons (Fsp3) is 0.478. The summed E-state index contributed by atoms with van der Waals surface area (Å²) in [5.41, 5.74) is 7.45. The lowest BCUT2D eigenvalue weighted by molar-refractivity contribution is -0.150. The molecule has 4 atom stereocenters. The maximum Gasteiger partial charge on any atom is 0.698 e. The van der Waals surface area contributed by atoms with Crippen molar-refractivity contribution in [3.8, 4) is 5.88 Å². The minimum Gasteiger partial charge on any atom is -0.479 e. The van der Waals surface area contributed by atoms with E-state index in [2.05, 4.69) is 15.0 Å². The van der Waals surface area contributed by atoms with E-state index in [1.807, 2.05) is 37.3 Å². The minimum absolute atomic E-state index is 0.0120. The van der Waals surface area contributed by atoms with E-state index >= 15 is 0 Å². The number of carbonyl (C=O) groups is 1. The first-order chi connectivity index (χ1) is 18.7. The van der Waals surface area contributed by atoms with Crippen molar-refractivity contribution in [3.05, 3.63) is 36.7 Å². The van der Waals surface area contributed by atoms with Crippen LogP contribution in [0, 0.1) is 0 Å². The van der Waals surface area contributed by atoms with E-state index < -0.39 is 46.3 Å². The van der Waals surface area contributed by atoms with Crippen molar-refractivity contribution in [1.82, 2.24) is 19.5 Å². The molecule has 1 aliphatic rings. The number of imidazole rings is 1. The normalized spacial score (nSPS) is 18.5. The molecule has 0 aliphatic carbocycles. The number of benzene rings is 1. The number of ether oxygens (including phenoxy) is 3. The Hall–Kier alpha value is -3.20. The summed E-state index contributed by atoms with van der Waals surface area (Å²) in [6, 6.07) is 9.45. The summed E-state index contributed by atoms with van der Waals surface area (Å²) in [4.78, 5) is 24.2. The third-order valence-corrected chi connectivity index (χ3v) is 6.29. The molecule has 208 valence electrons. The Balaban J connectivity index is 1.46. The van der Waals surface area contributed by atoms with Gasteiger partial charge in [-0.05, 0) is 26.2 Å². The number of nitrogen functional groups attached to an aromatic ring is 1. The molecule has 2 aromatic heterocycles. The van der Waals surface area contributed by atoms with Crippen molar-refractivity contribution < 1.29 is 41.9 Å². The monoisotopic (exact) mass is 562 g/mol. The summed E-state index contributed by atoms with van der Waals surface area (Å²) < 4.78 is 52.9. The van der Waals surface area contributed by atoms with E-state index in [1.54, 1.807) is 18.4 Å². The molecule has 0 saturated carbocycles. The second-order valence-corrected chi connectivity index (χ2v) is 9.79. The van der Waals surface area contributed by atoms with Gasteiger partial charge in [-0.25, -0.2) is 9.78 Å². The molecule has 4 unspecified atom stereocenters. The van der Waals surface area contributed by atoms with Gasteiger partial charge >= 0.3 is 21.3 Å². The summed E-state index contributed by atoms with van der Waals surface area (Å²) in [5.74, 6) is -0.411. The van der Waals surface area contributed by atoms with E-state index in [0.29, 0.717) is 11.2 Å². The summed E-state index contributed by atoms with van der Waals surface area (Å²) >= 11 is 0. The predicted octanol–water partition coefficient (Wildman–Crippen LogP) is 1.60. The standard InChI is InChI=1S/C23H30BN5O9P/c1-14(2)36-18(30)11-35-39(31)34-10-17(20-15(3)37-24(38-20)16-8-6-5-7-9-16)33-13-29-12-26-19-21(29)27-23(25)28-22(19)32-4/h5-9,12,14-15,17,20H,10-11,13H2,1-4H3,(H2,25,27,28)/q+1. The van der Waals surface area contributed by atoms with E-state index in [4.69, 9.17) is 38.3 Å². The number of nitrogens with two attached hydrogens (primary N) is 1. The molecular weight excluding hydrogens is 532 g/mol. The highest BCUT2D eigenvalue weighted by molar-refractivity contribution is 7.33. The quantitative estimate of drug-likeness (QED) is 0.181. The van der Waals surface area contributed by atoms with Gasteiger partial charge in [-0.15, -0.1) is 9.05 Å². The third-order valence-electron chi connectivity index (χ3n) is 5.59. The number of carbonyl (C=O) groups excluding carboxylic acids is 1. The van der Waals surface area contributed by atoms with Crippen LogP contribution in [0.25, 0.3) is 11.2 Å². The first kappa shape index (κ1) is 28.8. The van der Waals surface area contributed by atoms with Crippen LogP contribution in [0.5, 0.6) is 5.88 Å². The predicted molar refractivity (Wildman–Crippen MR) is 139 cm³/mol. The number of methoxy groups -OCH3 is 1. The number of esters is 1. The number of rotatable bonds is 13. The maximum atomic E-state index is 12.3. The molecule has 0 amide bonds. The van der Waals surface area contributed by atoms with Crippen LogP contribution in [0.2, 0.25) is 0 Å². The molecule has 1 saturated heterocycles. The van der Waals surface area contributed by atoms with Crippen molar-refractivity contribution >= 4 is 43.9 Å². The van der Waals surface area contributed by atoms with Gasteiger partial charge < -0.3 is 29.3 Å². The second-order valence-electron chi connectivity index (χ2n) is 8.83. The van der Waals surface area contributed by atoms with Gasteiger partial charge in [0, 0.05) is 4.57 Å². The number of aromatic nitrogens is 4. The Morgan fingerprint density at radius 3 is 2.69 bits per heavy atom. The zero-order chi connectivity index (χ0) is 27.9. The number of hydrogen-bond acceptors (Lipinski definition) is 13. The summed E-state index contributed by atoms with van der Waals surface area (Å²) in [7, 11) is -1.82. The van der Waals surface area contributed by atoms with Crippen molar-refractivity contribution in [2.24, 2.45) is 0 Å². The van der Waals surface area contributed by atoms with Crippen LogP contribution in [0.1, 0.15) is 20.8 Å². The second kappa shape index (κ2) is 13.2. The van der Waals surface area contributed by atoms with Gasteiger partial charge in [-0.2, -0.15) is 9.97 Å². The van der Waals surface area contributed by atoms with Gasteiger partial charge in [-0.1, -0.05) is 30.3 Å². The molecule has 4 rings (SSSR count). The first-order valence-corrected chi connectivity index (χ1v) is 13.3. The molecule has 16 heteroatoms. The Morgan fingerprint density at radius 1 is 1.21 bits per heavy atom. The lowest BCUT2D eigenvalue weighted by Crippen LogP contribution is -2.40. The zero-order valence-electron chi connectivity index (χ0n) is 22.0. The smallest absolute Gasteiger partial charge is 0.479 e. The summed E-state index contributed by atoms with van der Waals surface area (Å²) in [6.45, 7) is 4.49. The van der Waals surface area contributed by atoms with E-state index in [1.165, 1.54) is 13.4 Å². The molecule has 14 nitrogen and oxygen atoms in total. The molecule has 1 fully saturated rings. The summed E-state index contributed by atoms with van der Waals surface area (Å²) in [6.07, 6.45) is -0.589. The Kier molecular flexibility index (Phi) is 9.78. The van der Waals surface area contributed by atoms with Crippen LogP contribution in [0.15, 0.2) is 36.7 Å². The molecule has 0 radical (unpaired) electrons. The van der Waals surface area contributed by atoms with Crippen LogP contribution >= 0.6 is 8.25 Å². The highest BCUT2D eigenvalue weighted by Gasteiger charge is 2.44. The fourth-order valence-corrected chi connectivity index (χ4v) is 4.43. The van der Waals surface area contributed by atoms with E-state index in [9.17, 15) is 9.36 Å². The topological polar surface area (TPSA) is 168 Å². The Bertz CT molecular complexity index is 1280. The van der Waals surface area contributed by atoms with Gasteiger partial charge in [-0.3, -0.25) is 4.57 Å². The Labute approximate surface area is 226 Å².